The van der Waals surface area contributed by atoms with Gasteiger partial charge in [-0.2, -0.15) is 0 Å². The molecule has 1 rings (SSSR count). The van der Waals surface area contributed by atoms with E-state index in [2.05, 4.69) is 0 Å². The summed E-state index contributed by atoms with van der Waals surface area (Å²) in [6.45, 7) is -0.177. The molecule has 0 amide bonds. The van der Waals surface area contributed by atoms with Crippen LogP contribution >= 0.6 is 11.6 Å². The standard InChI is InChI=1S/C7H7BClO3/c9-6-1-2-7(12-8-11)5(3-6)4-10/h1-3,10-11H,4H2. The molecule has 63 valence electrons. The van der Waals surface area contributed by atoms with Crippen LogP contribution in [0.1, 0.15) is 5.56 Å². The second-order valence-electron chi connectivity index (χ2n) is 2.13. The lowest BCUT2D eigenvalue weighted by atomic mass is 10.2. The molecule has 0 spiro atoms. The van der Waals surface area contributed by atoms with Crippen LogP contribution in [0.3, 0.4) is 0 Å². The third-order valence-electron chi connectivity index (χ3n) is 1.37. The summed E-state index contributed by atoms with van der Waals surface area (Å²) < 4.78 is 4.69. The molecule has 0 saturated carbocycles. The van der Waals surface area contributed by atoms with E-state index in [4.69, 9.17) is 26.4 Å². The first kappa shape index (κ1) is 9.38. The van der Waals surface area contributed by atoms with Gasteiger partial charge in [0.05, 0.1) is 6.61 Å². The monoisotopic (exact) mass is 185 g/mol. The number of rotatable bonds is 3. The molecule has 1 aromatic rings. The van der Waals surface area contributed by atoms with Crippen molar-refractivity contribution < 1.29 is 14.8 Å². The van der Waals surface area contributed by atoms with E-state index in [0.717, 1.165) is 0 Å². The van der Waals surface area contributed by atoms with Gasteiger partial charge in [-0.15, -0.1) is 0 Å². The first-order valence-corrected chi connectivity index (χ1v) is 3.67. The maximum absolute atomic E-state index is 8.84. The topological polar surface area (TPSA) is 49.7 Å². The Bertz CT molecular complexity index is 267. The molecule has 0 fully saturated rings. The van der Waals surface area contributed by atoms with E-state index >= 15 is 0 Å². The van der Waals surface area contributed by atoms with E-state index in [9.17, 15) is 0 Å². The average Bonchev–Trinajstić information content (AvgIpc) is 2.08. The van der Waals surface area contributed by atoms with Gasteiger partial charge in [0.2, 0.25) is 0 Å². The average molecular weight is 185 g/mol. The van der Waals surface area contributed by atoms with E-state index in [0.29, 0.717) is 24.0 Å². The van der Waals surface area contributed by atoms with E-state index < -0.39 is 0 Å². The van der Waals surface area contributed by atoms with Gasteiger partial charge >= 0.3 is 7.69 Å². The molecule has 1 aromatic carbocycles. The zero-order valence-electron chi connectivity index (χ0n) is 6.20. The van der Waals surface area contributed by atoms with Crippen LogP contribution in [0.4, 0.5) is 0 Å². The summed E-state index contributed by atoms with van der Waals surface area (Å²) in [5.74, 6) is 0.393. The van der Waals surface area contributed by atoms with Crippen molar-refractivity contribution in [2.75, 3.05) is 0 Å². The molecule has 0 aliphatic heterocycles. The minimum Gasteiger partial charge on any atom is -0.537 e. The maximum Gasteiger partial charge on any atom is 0.569 e. The Morgan fingerprint density at radius 2 is 2.25 bits per heavy atom. The van der Waals surface area contributed by atoms with E-state index in [1.165, 1.54) is 0 Å². The van der Waals surface area contributed by atoms with Crippen molar-refractivity contribution in [2.24, 2.45) is 0 Å². The van der Waals surface area contributed by atoms with Gasteiger partial charge in [0.1, 0.15) is 5.75 Å². The molecule has 0 aromatic heterocycles. The molecule has 0 saturated heterocycles. The zero-order chi connectivity index (χ0) is 8.97. The van der Waals surface area contributed by atoms with Gasteiger partial charge in [-0.25, -0.2) is 0 Å². The largest absolute Gasteiger partial charge is 0.569 e. The second kappa shape index (κ2) is 4.35. The van der Waals surface area contributed by atoms with Crippen molar-refractivity contribution in [1.82, 2.24) is 0 Å². The Balaban J connectivity index is 2.94. The van der Waals surface area contributed by atoms with Crippen molar-refractivity contribution in [3.63, 3.8) is 0 Å². The molecule has 0 heterocycles. The molecule has 2 N–H and O–H groups in total. The van der Waals surface area contributed by atoms with Crippen molar-refractivity contribution in [2.45, 2.75) is 6.61 Å². The first-order chi connectivity index (χ1) is 5.77. The summed E-state index contributed by atoms with van der Waals surface area (Å²) in [6.07, 6.45) is 0. The van der Waals surface area contributed by atoms with Gasteiger partial charge in [0, 0.05) is 10.6 Å². The summed E-state index contributed by atoms with van der Waals surface area (Å²) in [5.41, 5.74) is 0.535. The molecular formula is C7H7BClO3. The minimum absolute atomic E-state index is 0.177. The van der Waals surface area contributed by atoms with Crippen LogP contribution in [0.5, 0.6) is 5.75 Å². The molecule has 0 atom stereocenters. The summed E-state index contributed by atoms with van der Waals surface area (Å²) in [7, 11) is 0.558. The quantitative estimate of drug-likeness (QED) is 0.683. The molecule has 5 heteroatoms. The lowest BCUT2D eigenvalue weighted by molar-refractivity contribution is 0.277. The molecule has 12 heavy (non-hydrogen) atoms. The van der Waals surface area contributed by atoms with Gasteiger partial charge in [-0.05, 0) is 18.2 Å². The fraction of sp³-hybridized carbons (Fsp3) is 0.143. The highest BCUT2D eigenvalue weighted by Gasteiger charge is 2.03. The van der Waals surface area contributed by atoms with Gasteiger partial charge in [-0.3, -0.25) is 0 Å². The van der Waals surface area contributed by atoms with Crippen LogP contribution in [-0.4, -0.2) is 17.8 Å². The van der Waals surface area contributed by atoms with E-state index in [1.807, 2.05) is 0 Å². The molecule has 0 aliphatic rings. The van der Waals surface area contributed by atoms with Crippen LogP contribution in [0.2, 0.25) is 5.02 Å². The van der Waals surface area contributed by atoms with Crippen LogP contribution in [0.15, 0.2) is 18.2 Å². The molecule has 0 aliphatic carbocycles. The van der Waals surface area contributed by atoms with Gasteiger partial charge in [-0.1, -0.05) is 11.6 Å². The summed E-state index contributed by atoms with van der Waals surface area (Å²) in [5, 5.41) is 17.7. The number of hydrogen-bond donors (Lipinski definition) is 2. The summed E-state index contributed by atoms with van der Waals surface area (Å²) in [6, 6.07) is 4.75. The van der Waals surface area contributed by atoms with Crippen molar-refractivity contribution in [3.8, 4) is 5.75 Å². The lowest BCUT2D eigenvalue weighted by Gasteiger charge is -2.06. The summed E-state index contributed by atoms with van der Waals surface area (Å²) >= 11 is 5.66. The van der Waals surface area contributed by atoms with Gasteiger partial charge in [0.15, 0.2) is 0 Å². The number of benzene rings is 1. The van der Waals surface area contributed by atoms with Crippen LogP contribution in [0, 0.1) is 0 Å². The molecule has 0 unspecified atom stereocenters. The predicted molar refractivity (Wildman–Crippen MR) is 46.0 cm³/mol. The van der Waals surface area contributed by atoms with Crippen molar-refractivity contribution in [1.29, 1.82) is 0 Å². The lowest BCUT2D eigenvalue weighted by Crippen LogP contribution is -2.02. The smallest absolute Gasteiger partial charge is 0.537 e. The number of hydrogen-bond acceptors (Lipinski definition) is 3. The number of aliphatic hydroxyl groups is 1. The Kier molecular flexibility index (Phi) is 3.40. The molecule has 0 bridgehead atoms. The normalized spacial score (nSPS) is 9.58. The SMILES string of the molecule is O[B]Oc1ccc(Cl)cc1CO. The van der Waals surface area contributed by atoms with Crippen molar-refractivity contribution >= 4 is 19.3 Å². The predicted octanol–water partition coefficient (Wildman–Crippen LogP) is 0.738. The highest BCUT2D eigenvalue weighted by Crippen LogP contribution is 2.22. The second-order valence-corrected chi connectivity index (χ2v) is 2.57. The molecular weight excluding hydrogens is 178 g/mol. The third kappa shape index (κ3) is 2.14. The summed E-state index contributed by atoms with van der Waals surface area (Å²) in [4.78, 5) is 0. The Labute approximate surface area is 75.9 Å². The minimum atomic E-state index is -0.177. The van der Waals surface area contributed by atoms with Crippen LogP contribution in [0.25, 0.3) is 0 Å². The Morgan fingerprint density at radius 1 is 1.50 bits per heavy atom. The highest BCUT2D eigenvalue weighted by atomic mass is 35.5. The zero-order valence-corrected chi connectivity index (χ0v) is 6.95. The first-order valence-electron chi connectivity index (χ1n) is 3.29. The van der Waals surface area contributed by atoms with E-state index in [1.54, 1.807) is 18.2 Å². The Hall–Kier alpha value is -0.705. The maximum atomic E-state index is 8.84. The number of aliphatic hydroxyl groups excluding tert-OH is 1. The third-order valence-corrected chi connectivity index (χ3v) is 1.61. The molecule has 1 radical (unpaired) electrons. The fourth-order valence-corrected chi connectivity index (χ4v) is 1.04. The molecule has 3 nitrogen and oxygen atoms in total. The van der Waals surface area contributed by atoms with Crippen molar-refractivity contribution in [3.05, 3.63) is 28.8 Å². The van der Waals surface area contributed by atoms with Crippen LogP contribution in [-0.2, 0) is 6.61 Å². The highest BCUT2D eigenvalue weighted by molar-refractivity contribution is 6.30. The Morgan fingerprint density at radius 3 is 2.83 bits per heavy atom. The number of halogens is 1. The van der Waals surface area contributed by atoms with Gasteiger partial charge < -0.3 is 14.8 Å². The fourth-order valence-electron chi connectivity index (χ4n) is 0.843. The van der Waals surface area contributed by atoms with Crippen LogP contribution < -0.4 is 4.65 Å². The van der Waals surface area contributed by atoms with E-state index in [-0.39, 0.29) is 6.61 Å². The van der Waals surface area contributed by atoms with Gasteiger partial charge in [0.25, 0.3) is 0 Å².